The third kappa shape index (κ3) is 7.05. The van der Waals surface area contributed by atoms with Crippen molar-refractivity contribution in [1.29, 1.82) is 0 Å². The molecule has 0 bridgehead atoms. The van der Waals surface area contributed by atoms with E-state index in [9.17, 15) is 9.59 Å². The number of ether oxygens (including phenoxy) is 1. The van der Waals surface area contributed by atoms with Gasteiger partial charge in [0.2, 0.25) is 5.91 Å². The highest BCUT2D eigenvalue weighted by molar-refractivity contribution is 5.82. The quantitative estimate of drug-likeness (QED) is 0.696. The SMILES string of the molecule is C[C@H](O)CNC(=O)CNC(=O)OCc1ccccc1. The first-order chi connectivity index (χ1) is 9.08. The van der Waals surface area contributed by atoms with Crippen molar-refractivity contribution in [2.75, 3.05) is 13.1 Å². The molecule has 2 amide bonds. The number of alkyl carbamates (subject to hydrolysis) is 1. The second-order valence-electron chi connectivity index (χ2n) is 4.07. The van der Waals surface area contributed by atoms with E-state index in [4.69, 9.17) is 9.84 Å². The van der Waals surface area contributed by atoms with E-state index in [1.54, 1.807) is 6.92 Å². The molecular formula is C13H18N2O4. The molecule has 0 aliphatic carbocycles. The van der Waals surface area contributed by atoms with Crippen LogP contribution in [-0.2, 0) is 16.1 Å². The Hall–Kier alpha value is -2.08. The van der Waals surface area contributed by atoms with Gasteiger partial charge in [0.1, 0.15) is 6.61 Å². The van der Waals surface area contributed by atoms with Gasteiger partial charge in [0, 0.05) is 6.54 Å². The zero-order chi connectivity index (χ0) is 14.1. The Kier molecular flexibility index (Phi) is 6.38. The minimum absolute atomic E-state index is 0.152. The molecule has 0 saturated heterocycles. The molecule has 0 spiro atoms. The number of carbonyl (C=O) groups is 2. The molecule has 3 N–H and O–H groups in total. The summed E-state index contributed by atoms with van der Waals surface area (Å²) in [6.45, 7) is 1.68. The Morgan fingerprint density at radius 3 is 2.58 bits per heavy atom. The van der Waals surface area contributed by atoms with Gasteiger partial charge in [-0.2, -0.15) is 0 Å². The Bertz CT molecular complexity index is 406. The fraction of sp³-hybridized carbons (Fsp3) is 0.385. The molecule has 1 aromatic carbocycles. The third-order valence-corrected chi connectivity index (χ3v) is 2.20. The van der Waals surface area contributed by atoms with Gasteiger partial charge in [0.25, 0.3) is 0 Å². The van der Waals surface area contributed by atoms with Gasteiger partial charge in [-0.3, -0.25) is 4.79 Å². The predicted octanol–water partition coefficient (Wildman–Crippen LogP) is 0.410. The maximum atomic E-state index is 11.3. The summed E-state index contributed by atoms with van der Waals surface area (Å²) in [6, 6.07) is 9.24. The lowest BCUT2D eigenvalue weighted by Gasteiger charge is -2.09. The van der Waals surface area contributed by atoms with Crippen LogP contribution in [0.4, 0.5) is 4.79 Å². The van der Waals surface area contributed by atoms with Crippen LogP contribution in [0.15, 0.2) is 30.3 Å². The van der Waals surface area contributed by atoms with E-state index >= 15 is 0 Å². The monoisotopic (exact) mass is 266 g/mol. The van der Waals surface area contributed by atoms with Gasteiger partial charge in [-0.25, -0.2) is 4.79 Å². The summed E-state index contributed by atoms with van der Waals surface area (Å²) in [7, 11) is 0. The largest absolute Gasteiger partial charge is 0.445 e. The van der Waals surface area contributed by atoms with Crippen molar-refractivity contribution in [1.82, 2.24) is 10.6 Å². The first-order valence-electron chi connectivity index (χ1n) is 5.97. The van der Waals surface area contributed by atoms with Gasteiger partial charge in [-0.05, 0) is 12.5 Å². The van der Waals surface area contributed by atoms with Gasteiger partial charge in [0.15, 0.2) is 0 Å². The van der Waals surface area contributed by atoms with Crippen molar-refractivity contribution in [2.24, 2.45) is 0 Å². The molecule has 104 valence electrons. The Morgan fingerprint density at radius 1 is 1.26 bits per heavy atom. The number of nitrogens with one attached hydrogen (secondary N) is 2. The van der Waals surface area contributed by atoms with Crippen LogP contribution in [0.1, 0.15) is 12.5 Å². The minimum Gasteiger partial charge on any atom is -0.445 e. The fourth-order valence-corrected chi connectivity index (χ4v) is 1.25. The average Bonchev–Trinajstić information content (AvgIpc) is 2.41. The summed E-state index contributed by atoms with van der Waals surface area (Å²) in [5, 5.41) is 13.7. The fourth-order valence-electron chi connectivity index (χ4n) is 1.25. The van der Waals surface area contributed by atoms with Crippen LogP contribution >= 0.6 is 0 Å². The smallest absolute Gasteiger partial charge is 0.407 e. The number of hydrogen-bond donors (Lipinski definition) is 3. The van der Waals surface area contributed by atoms with Crippen LogP contribution in [0.5, 0.6) is 0 Å². The Labute approximate surface area is 111 Å². The molecule has 0 aliphatic heterocycles. The predicted molar refractivity (Wildman–Crippen MR) is 69.3 cm³/mol. The number of benzene rings is 1. The highest BCUT2D eigenvalue weighted by Gasteiger charge is 2.06. The van der Waals surface area contributed by atoms with Crippen LogP contribution in [0.2, 0.25) is 0 Å². The molecular weight excluding hydrogens is 248 g/mol. The van der Waals surface area contributed by atoms with Crippen LogP contribution < -0.4 is 10.6 Å². The summed E-state index contributed by atoms with van der Waals surface area (Å²) >= 11 is 0. The minimum atomic E-state index is -0.656. The van der Waals surface area contributed by atoms with E-state index in [-0.39, 0.29) is 25.6 Å². The molecule has 0 radical (unpaired) electrons. The zero-order valence-corrected chi connectivity index (χ0v) is 10.8. The number of aliphatic hydroxyl groups excluding tert-OH is 1. The first kappa shape index (κ1) is 15.0. The highest BCUT2D eigenvalue weighted by Crippen LogP contribution is 2.00. The van der Waals surface area contributed by atoms with E-state index in [2.05, 4.69) is 10.6 Å². The van der Waals surface area contributed by atoms with Crippen molar-refractivity contribution in [2.45, 2.75) is 19.6 Å². The number of hydrogen-bond acceptors (Lipinski definition) is 4. The average molecular weight is 266 g/mol. The lowest BCUT2D eigenvalue weighted by atomic mass is 10.2. The number of amides is 2. The summed E-state index contributed by atoms with van der Waals surface area (Å²) in [5.41, 5.74) is 0.871. The van der Waals surface area contributed by atoms with Crippen molar-refractivity contribution in [3.63, 3.8) is 0 Å². The summed E-state index contributed by atoms with van der Waals surface area (Å²) in [5.74, 6) is -0.377. The third-order valence-electron chi connectivity index (χ3n) is 2.20. The standard InChI is InChI=1S/C13H18N2O4/c1-10(16)7-14-12(17)8-15-13(18)19-9-11-5-3-2-4-6-11/h2-6,10,16H,7-9H2,1H3,(H,14,17)(H,15,18)/t10-/m0/s1. The van der Waals surface area contributed by atoms with Crippen LogP contribution in [0, 0.1) is 0 Å². The van der Waals surface area contributed by atoms with E-state index < -0.39 is 12.2 Å². The van der Waals surface area contributed by atoms with Crippen LogP contribution in [-0.4, -0.2) is 36.3 Å². The molecule has 19 heavy (non-hydrogen) atoms. The molecule has 1 atom stereocenters. The van der Waals surface area contributed by atoms with Crippen molar-refractivity contribution >= 4 is 12.0 Å². The van der Waals surface area contributed by atoms with E-state index in [1.807, 2.05) is 30.3 Å². The number of rotatable bonds is 6. The number of aliphatic hydroxyl groups is 1. The van der Waals surface area contributed by atoms with Gasteiger partial charge in [0.05, 0.1) is 12.6 Å². The summed E-state index contributed by atoms with van der Waals surface area (Å²) < 4.78 is 4.92. The molecule has 0 heterocycles. The molecule has 0 saturated carbocycles. The van der Waals surface area contributed by atoms with E-state index in [0.717, 1.165) is 5.56 Å². The normalized spacial score (nSPS) is 11.5. The second-order valence-corrected chi connectivity index (χ2v) is 4.07. The molecule has 0 fully saturated rings. The summed E-state index contributed by atoms with van der Waals surface area (Å²) in [4.78, 5) is 22.5. The Balaban J connectivity index is 2.16. The number of carbonyl (C=O) groups excluding carboxylic acids is 2. The topological polar surface area (TPSA) is 87.7 Å². The highest BCUT2D eigenvalue weighted by atomic mass is 16.5. The molecule has 0 unspecified atom stereocenters. The van der Waals surface area contributed by atoms with Crippen molar-refractivity contribution in [3.8, 4) is 0 Å². The zero-order valence-electron chi connectivity index (χ0n) is 10.8. The lowest BCUT2D eigenvalue weighted by molar-refractivity contribution is -0.120. The van der Waals surface area contributed by atoms with Crippen LogP contribution in [0.3, 0.4) is 0 Å². The molecule has 1 rings (SSSR count). The van der Waals surface area contributed by atoms with Gasteiger partial charge < -0.3 is 20.5 Å². The van der Waals surface area contributed by atoms with Crippen molar-refractivity contribution in [3.05, 3.63) is 35.9 Å². The molecule has 6 heteroatoms. The maximum Gasteiger partial charge on any atom is 0.407 e. The van der Waals surface area contributed by atoms with E-state index in [1.165, 1.54) is 0 Å². The second kappa shape index (κ2) is 8.10. The van der Waals surface area contributed by atoms with E-state index in [0.29, 0.717) is 0 Å². The first-order valence-corrected chi connectivity index (χ1v) is 5.97. The van der Waals surface area contributed by atoms with Crippen molar-refractivity contribution < 1.29 is 19.4 Å². The van der Waals surface area contributed by atoms with Gasteiger partial charge in [-0.1, -0.05) is 30.3 Å². The molecule has 0 aromatic heterocycles. The molecule has 6 nitrogen and oxygen atoms in total. The maximum absolute atomic E-state index is 11.3. The van der Waals surface area contributed by atoms with Gasteiger partial charge >= 0.3 is 6.09 Å². The lowest BCUT2D eigenvalue weighted by Crippen LogP contribution is -2.39. The van der Waals surface area contributed by atoms with Gasteiger partial charge in [-0.15, -0.1) is 0 Å². The van der Waals surface area contributed by atoms with Crippen LogP contribution in [0.25, 0.3) is 0 Å². The Morgan fingerprint density at radius 2 is 1.95 bits per heavy atom. The molecule has 1 aromatic rings. The molecule has 0 aliphatic rings. The summed E-state index contributed by atoms with van der Waals surface area (Å²) in [6.07, 6.45) is -1.27.